The maximum absolute atomic E-state index is 11.1. The summed E-state index contributed by atoms with van der Waals surface area (Å²) in [6.07, 6.45) is 2.72. The number of benzene rings is 1. The van der Waals surface area contributed by atoms with Gasteiger partial charge in [-0.25, -0.2) is 9.78 Å². The van der Waals surface area contributed by atoms with Crippen LogP contribution < -0.4 is 5.32 Å². The van der Waals surface area contributed by atoms with Gasteiger partial charge in [0.05, 0.1) is 5.56 Å². The lowest BCUT2D eigenvalue weighted by molar-refractivity contribution is 0.0696. The predicted molar refractivity (Wildman–Crippen MR) is 82.1 cm³/mol. The molecule has 0 amide bonds. The zero-order valence-electron chi connectivity index (χ0n) is 11.4. The summed E-state index contributed by atoms with van der Waals surface area (Å²) in [5, 5.41) is 12.2. The van der Waals surface area contributed by atoms with Crippen LogP contribution in [0.15, 0.2) is 41.3 Å². The van der Waals surface area contributed by atoms with E-state index in [-0.39, 0.29) is 5.56 Å². The molecule has 104 valence electrons. The van der Waals surface area contributed by atoms with Crippen molar-refractivity contribution in [3.63, 3.8) is 0 Å². The van der Waals surface area contributed by atoms with Gasteiger partial charge in [0.1, 0.15) is 5.82 Å². The van der Waals surface area contributed by atoms with Crippen molar-refractivity contribution in [1.29, 1.82) is 0 Å². The molecule has 0 aliphatic rings. The minimum Gasteiger partial charge on any atom is -0.478 e. The standard InChI is InChI=1S/C15H16N2O2S/c1-3-11-8-10(15(18)19)9-14(16-11)17-12-4-6-13(20-2)7-5-12/h4-9H,3H2,1-2H3,(H,16,17)(H,18,19). The summed E-state index contributed by atoms with van der Waals surface area (Å²) in [6.45, 7) is 1.95. The molecule has 0 aliphatic carbocycles. The molecule has 0 aliphatic heterocycles. The second-order valence-electron chi connectivity index (χ2n) is 4.24. The molecule has 4 nitrogen and oxygen atoms in total. The van der Waals surface area contributed by atoms with Gasteiger partial charge in [0.15, 0.2) is 0 Å². The van der Waals surface area contributed by atoms with Gasteiger partial charge in [0.25, 0.3) is 0 Å². The Balaban J connectivity index is 2.27. The Hall–Kier alpha value is -2.01. The Morgan fingerprint density at radius 1 is 1.30 bits per heavy atom. The molecule has 1 aromatic heterocycles. The van der Waals surface area contributed by atoms with Crippen LogP contribution in [-0.4, -0.2) is 22.3 Å². The zero-order chi connectivity index (χ0) is 14.5. The van der Waals surface area contributed by atoms with Crippen molar-refractivity contribution in [1.82, 2.24) is 4.98 Å². The summed E-state index contributed by atoms with van der Waals surface area (Å²) >= 11 is 1.68. The number of carboxylic acid groups (broad SMARTS) is 1. The van der Waals surface area contributed by atoms with Crippen LogP contribution in [0, 0.1) is 0 Å². The minimum absolute atomic E-state index is 0.250. The Labute approximate surface area is 122 Å². The van der Waals surface area contributed by atoms with E-state index in [0.29, 0.717) is 12.2 Å². The van der Waals surface area contributed by atoms with Crippen LogP contribution in [-0.2, 0) is 6.42 Å². The van der Waals surface area contributed by atoms with Crippen LogP contribution in [0.25, 0.3) is 0 Å². The number of anilines is 2. The molecule has 2 aromatic rings. The maximum Gasteiger partial charge on any atom is 0.335 e. The third-order valence-corrected chi connectivity index (χ3v) is 3.59. The number of nitrogens with one attached hydrogen (secondary N) is 1. The molecule has 0 fully saturated rings. The molecule has 0 saturated heterocycles. The summed E-state index contributed by atoms with van der Waals surface area (Å²) in [5.74, 6) is -0.387. The average molecular weight is 288 g/mol. The van der Waals surface area contributed by atoms with Gasteiger partial charge in [-0.1, -0.05) is 6.92 Å². The molecule has 2 rings (SSSR count). The topological polar surface area (TPSA) is 62.2 Å². The molecule has 0 saturated carbocycles. The first-order valence-corrected chi connectivity index (χ1v) is 7.50. The van der Waals surface area contributed by atoms with Crippen molar-refractivity contribution >= 4 is 29.2 Å². The van der Waals surface area contributed by atoms with Gasteiger partial charge in [0.2, 0.25) is 0 Å². The molecule has 5 heteroatoms. The predicted octanol–water partition coefficient (Wildman–Crippen LogP) is 3.81. The third-order valence-electron chi connectivity index (χ3n) is 2.85. The highest BCUT2D eigenvalue weighted by atomic mass is 32.2. The van der Waals surface area contributed by atoms with Crippen molar-refractivity contribution in [3.8, 4) is 0 Å². The van der Waals surface area contributed by atoms with Crippen LogP contribution in [0.2, 0.25) is 0 Å². The monoisotopic (exact) mass is 288 g/mol. The van der Waals surface area contributed by atoms with Gasteiger partial charge in [-0.05, 0) is 49.1 Å². The van der Waals surface area contributed by atoms with E-state index >= 15 is 0 Å². The van der Waals surface area contributed by atoms with Gasteiger partial charge in [-0.3, -0.25) is 0 Å². The fourth-order valence-corrected chi connectivity index (χ4v) is 2.19. The first-order chi connectivity index (χ1) is 9.62. The van der Waals surface area contributed by atoms with Gasteiger partial charge < -0.3 is 10.4 Å². The van der Waals surface area contributed by atoms with Gasteiger partial charge in [-0.15, -0.1) is 11.8 Å². The number of hydrogen-bond acceptors (Lipinski definition) is 4. The summed E-state index contributed by atoms with van der Waals surface area (Å²) in [4.78, 5) is 16.7. The van der Waals surface area contributed by atoms with Crippen molar-refractivity contribution in [2.75, 3.05) is 11.6 Å². The highest BCUT2D eigenvalue weighted by Gasteiger charge is 2.08. The SMILES string of the molecule is CCc1cc(C(=O)O)cc(Nc2ccc(SC)cc2)n1. The molecular weight excluding hydrogens is 272 g/mol. The van der Waals surface area contributed by atoms with E-state index in [0.717, 1.165) is 11.4 Å². The van der Waals surface area contributed by atoms with Gasteiger partial charge in [0, 0.05) is 16.3 Å². The number of carboxylic acids is 1. The van der Waals surface area contributed by atoms with E-state index in [4.69, 9.17) is 5.11 Å². The molecule has 0 bridgehead atoms. The van der Waals surface area contributed by atoms with Crippen molar-refractivity contribution < 1.29 is 9.90 Å². The number of nitrogens with zero attached hydrogens (tertiary/aromatic N) is 1. The molecule has 0 radical (unpaired) electrons. The van der Waals surface area contributed by atoms with Crippen LogP contribution in [0.3, 0.4) is 0 Å². The van der Waals surface area contributed by atoms with E-state index in [1.54, 1.807) is 23.9 Å². The van der Waals surface area contributed by atoms with E-state index in [9.17, 15) is 4.79 Å². The number of carbonyl (C=O) groups is 1. The molecule has 2 N–H and O–H groups in total. The fourth-order valence-electron chi connectivity index (χ4n) is 1.78. The molecule has 1 heterocycles. The van der Waals surface area contributed by atoms with Crippen molar-refractivity contribution in [3.05, 3.63) is 47.7 Å². The molecule has 0 atom stereocenters. The van der Waals surface area contributed by atoms with E-state index in [1.165, 1.54) is 4.90 Å². The number of aromatic carboxylic acids is 1. The van der Waals surface area contributed by atoms with Crippen LogP contribution in [0.5, 0.6) is 0 Å². The normalized spacial score (nSPS) is 10.3. The average Bonchev–Trinajstić information content (AvgIpc) is 2.47. The van der Waals surface area contributed by atoms with E-state index in [2.05, 4.69) is 10.3 Å². The second-order valence-corrected chi connectivity index (χ2v) is 5.12. The van der Waals surface area contributed by atoms with Crippen LogP contribution >= 0.6 is 11.8 Å². The minimum atomic E-state index is -0.942. The number of thioether (sulfide) groups is 1. The first-order valence-electron chi connectivity index (χ1n) is 6.27. The largest absolute Gasteiger partial charge is 0.478 e. The Morgan fingerprint density at radius 3 is 2.55 bits per heavy atom. The van der Waals surface area contributed by atoms with Crippen LogP contribution in [0.1, 0.15) is 23.0 Å². The van der Waals surface area contributed by atoms with E-state index < -0.39 is 5.97 Å². The molecule has 0 spiro atoms. The maximum atomic E-state index is 11.1. The lowest BCUT2D eigenvalue weighted by Crippen LogP contribution is -2.03. The lowest BCUT2D eigenvalue weighted by Gasteiger charge is -2.09. The fraction of sp³-hybridized carbons (Fsp3) is 0.200. The Bertz CT molecular complexity index is 612. The second kappa shape index (κ2) is 6.43. The van der Waals surface area contributed by atoms with Gasteiger partial charge in [-0.2, -0.15) is 0 Å². The number of hydrogen-bond donors (Lipinski definition) is 2. The number of aromatic nitrogens is 1. The Morgan fingerprint density at radius 2 is 2.00 bits per heavy atom. The Kier molecular flexibility index (Phi) is 4.63. The van der Waals surface area contributed by atoms with Crippen LogP contribution in [0.4, 0.5) is 11.5 Å². The van der Waals surface area contributed by atoms with Crippen molar-refractivity contribution in [2.24, 2.45) is 0 Å². The third kappa shape index (κ3) is 3.51. The van der Waals surface area contributed by atoms with Crippen molar-refractivity contribution in [2.45, 2.75) is 18.2 Å². The first kappa shape index (κ1) is 14.4. The molecule has 1 aromatic carbocycles. The lowest BCUT2D eigenvalue weighted by atomic mass is 10.2. The summed E-state index contributed by atoms with van der Waals surface area (Å²) < 4.78 is 0. The summed E-state index contributed by atoms with van der Waals surface area (Å²) in [5.41, 5.74) is 1.90. The molecule has 20 heavy (non-hydrogen) atoms. The van der Waals surface area contributed by atoms with E-state index in [1.807, 2.05) is 37.4 Å². The quantitative estimate of drug-likeness (QED) is 0.819. The van der Waals surface area contributed by atoms with Gasteiger partial charge >= 0.3 is 5.97 Å². The smallest absolute Gasteiger partial charge is 0.335 e. The zero-order valence-corrected chi connectivity index (χ0v) is 12.2. The highest BCUT2D eigenvalue weighted by Crippen LogP contribution is 2.21. The summed E-state index contributed by atoms with van der Waals surface area (Å²) in [7, 11) is 0. The molecule has 0 unspecified atom stereocenters. The number of rotatable bonds is 5. The molecular formula is C15H16N2O2S. The summed E-state index contributed by atoms with van der Waals surface area (Å²) in [6, 6.07) is 11.1. The number of aryl methyl sites for hydroxylation is 1. The number of pyridine rings is 1. The highest BCUT2D eigenvalue weighted by molar-refractivity contribution is 7.98.